The van der Waals surface area contributed by atoms with Gasteiger partial charge < -0.3 is 10.1 Å². The van der Waals surface area contributed by atoms with E-state index in [0.29, 0.717) is 11.0 Å². The van der Waals surface area contributed by atoms with Gasteiger partial charge in [0, 0.05) is 29.3 Å². The molecular weight excluding hydrogens is 446 g/mol. The van der Waals surface area contributed by atoms with Crippen molar-refractivity contribution in [3.63, 3.8) is 0 Å². The van der Waals surface area contributed by atoms with Crippen molar-refractivity contribution in [2.45, 2.75) is 31.3 Å². The molecule has 0 aliphatic heterocycles. The average molecular weight is 474 g/mol. The molecule has 0 spiro atoms. The fourth-order valence-electron chi connectivity index (χ4n) is 3.47. The molecule has 0 saturated carbocycles. The van der Waals surface area contributed by atoms with E-state index in [4.69, 9.17) is 4.74 Å². The van der Waals surface area contributed by atoms with Gasteiger partial charge in [0.2, 0.25) is 5.91 Å². The maximum Gasteiger partial charge on any atom is 0.234 e. The third-order valence-electron chi connectivity index (χ3n) is 5.27. The molecule has 2 aromatic heterocycles. The Bertz CT molecular complexity index is 1210. The standard InChI is InChI=1S/C26H27N5O2S/c1-3-4-6-19-8-10-21(11-9-19)28-24(32)18-34-26-30-29-25(20-7-5-16-27-17-20)31(26)22-12-14-23(33-2)15-13-22/h5,7-17H,3-4,6,18H2,1-2H3,(H,28,32). The van der Waals surface area contributed by atoms with Crippen LogP contribution in [0, 0.1) is 0 Å². The summed E-state index contributed by atoms with van der Waals surface area (Å²) in [6, 6.07) is 19.5. The van der Waals surface area contributed by atoms with E-state index >= 15 is 0 Å². The van der Waals surface area contributed by atoms with Crippen molar-refractivity contribution in [1.82, 2.24) is 19.7 Å². The first-order valence-electron chi connectivity index (χ1n) is 11.2. The second-order valence-electron chi connectivity index (χ2n) is 7.72. The van der Waals surface area contributed by atoms with Crippen LogP contribution in [0.1, 0.15) is 25.3 Å². The third-order valence-corrected chi connectivity index (χ3v) is 6.20. The topological polar surface area (TPSA) is 81.9 Å². The molecule has 0 bridgehead atoms. The zero-order valence-electron chi connectivity index (χ0n) is 19.3. The molecule has 4 aromatic rings. The Labute approximate surface area is 203 Å². The van der Waals surface area contributed by atoms with Crippen LogP contribution in [0.5, 0.6) is 5.75 Å². The Morgan fingerprint density at radius 3 is 2.53 bits per heavy atom. The van der Waals surface area contributed by atoms with Gasteiger partial charge in [0.15, 0.2) is 11.0 Å². The molecule has 0 fully saturated rings. The lowest BCUT2D eigenvalue weighted by Crippen LogP contribution is -2.14. The second-order valence-corrected chi connectivity index (χ2v) is 8.66. The van der Waals surface area contributed by atoms with Crippen LogP contribution in [0.4, 0.5) is 5.69 Å². The molecule has 0 aliphatic rings. The molecule has 7 nitrogen and oxygen atoms in total. The van der Waals surface area contributed by atoms with Crippen molar-refractivity contribution in [1.29, 1.82) is 0 Å². The predicted octanol–water partition coefficient (Wildman–Crippen LogP) is 5.41. The number of nitrogens with one attached hydrogen (secondary N) is 1. The van der Waals surface area contributed by atoms with Gasteiger partial charge in [-0.2, -0.15) is 0 Å². The van der Waals surface area contributed by atoms with E-state index in [-0.39, 0.29) is 11.7 Å². The number of aromatic nitrogens is 4. The molecule has 0 atom stereocenters. The van der Waals surface area contributed by atoms with Crippen molar-refractivity contribution in [3.8, 4) is 22.8 Å². The normalized spacial score (nSPS) is 10.8. The van der Waals surface area contributed by atoms with Crippen molar-refractivity contribution < 1.29 is 9.53 Å². The lowest BCUT2D eigenvalue weighted by molar-refractivity contribution is -0.113. The van der Waals surface area contributed by atoms with Crippen LogP contribution >= 0.6 is 11.8 Å². The number of pyridine rings is 1. The van der Waals surface area contributed by atoms with Gasteiger partial charge >= 0.3 is 0 Å². The Hall–Kier alpha value is -3.65. The fourth-order valence-corrected chi connectivity index (χ4v) is 4.22. The predicted molar refractivity (Wildman–Crippen MR) is 136 cm³/mol. The number of rotatable bonds is 10. The number of anilines is 1. The molecule has 8 heteroatoms. The smallest absolute Gasteiger partial charge is 0.234 e. The van der Waals surface area contributed by atoms with Crippen molar-refractivity contribution >= 4 is 23.4 Å². The van der Waals surface area contributed by atoms with E-state index in [9.17, 15) is 4.79 Å². The van der Waals surface area contributed by atoms with Gasteiger partial charge in [0.1, 0.15) is 5.75 Å². The summed E-state index contributed by atoms with van der Waals surface area (Å²) in [5, 5.41) is 12.3. The third kappa shape index (κ3) is 5.82. The van der Waals surface area contributed by atoms with E-state index in [1.54, 1.807) is 19.5 Å². The Morgan fingerprint density at radius 1 is 1.06 bits per heavy atom. The van der Waals surface area contributed by atoms with Gasteiger partial charge in [-0.3, -0.25) is 14.3 Å². The lowest BCUT2D eigenvalue weighted by Gasteiger charge is -2.11. The van der Waals surface area contributed by atoms with Crippen LogP contribution in [0.2, 0.25) is 0 Å². The van der Waals surface area contributed by atoms with Crippen molar-refractivity contribution in [2.75, 3.05) is 18.2 Å². The first-order valence-corrected chi connectivity index (χ1v) is 12.2. The molecule has 1 N–H and O–H groups in total. The number of aryl methyl sites for hydroxylation is 1. The molecule has 2 aromatic carbocycles. The summed E-state index contributed by atoms with van der Waals surface area (Å²) in [6.45, 7) is 2.18. The highest BCUT2D eigenvalue weighted by Gasteiger charge is 2.17. The Morgan fingerprint density at radius 2 is 1.85 bits per heavy atom. The summed E-state index contributed by atoms with van der Waals surface area (Å²) < 4.78 is 7.21. The highest BCUT2D eigenvalue weighted by atomic mass is 32.2. The molecular formula is C26H27N5O2S. The number of thioether (sulfide) groups is 1. The van der Waals surface area contributed by atoms with Crippen LogP contribution < -0.4 is 10.1 Å². The van der Waals surface area contributed by atoms with Crippen LogP contribution in [-0.4, -0.2) is 38.5 Å². The van der Waals surface area contributed by atoms with Gasteiger partial charge in [-0.15, -0.1) is 10.2 Å². The fraction of sp³-hybridized carbons (Fsp3) is 0.231. The summed E-state index contributed by atoms with van der Waals surface area (Å²) >= 11 is 1.33. The number of benzene rings is 2. The summed E-state index contributed by atoms with van der Waals surface area (Å²) in [6.07, 6.45) is 6.85. The summed E-state index contributed by atoms with van der Waals surface area (Å²) in [5.41, 5.74) is 3.78. The molecule has 4 rings (SSSR count). The van der Waals surface area contributed by atoms with E-state index in [1.807, 2.05) is 53.1 Å². The average Bonchev–Trinajstić information content (AvgIpc) is 3.31. The van der Waals surface area contributed by atoms with Gasteiger partial charge in [-0.1, -0.05) is 37.2 Å². The van der Waals surface area contributed by atoms with E-state index in [0.717, 1.165) is 35.5 Å². The maximum absolute atomic E-state index is 12.6. The summed E-state index contributed by atoms with van der Waals surface area (Å²) in [7, 11) is 1.63. The van der Waals surface area contributed by atoms with Crippen molar-refractivity contribution in [3.05, 3.63) is 78.6 Å². The number of nitrogens with zero attached hydrogens (tertiary/aromatic N) is 4. The number of carbonyl (C=O) groups excluding carboxylic acids is 1. The Kier molecular flexibility index (Phi) is 7.93. The van der Waals surface area contributed by atoms with Gasteiger partial charge in [0.05, 0.1) is 12.9 Å². The van der Waals surface area contributed by atoms with E-state index < -0.39 is 0 Å². The zero-order chi connectivity index (χ0) is 23.8. The summed E-state index contributed by atoms with van der Waals surface area (Å²) in [4.78, 5) is 16.8. The minimum absolute atomic E-state index is 0.0986. The zero-order valence-corrected chi connectivity index (χ0v) is 20.1. The van der Waals surface area contributed by atoms with E-state index in [2.05, 4.69) is 39.6 Å². The lowest BCUT2D eigenvalue weighted by atomic mass is 10.1. The molecule has 0 aliphatic carbocycles. The molecule has 0 radical (unpaired) electrons. The summed E-state index contributed by atoms with van der Waals surface area (Å²) in [5.74, 6) is 1.52. The highest BCUT2D eigenvalue weighted by Crippen LogP contribution is 2.28. The van der Waals surface area contributed by atoms with Crippen LogP contribution in [0.3, 0.4) is 0 Å². The number of amides is 1. The first-order chi connectivity index (χ1) is 16.7. The molecule has 0 unspecified atom stereocenters. The molecule has 34 heavy (non-hydrogen) atoms. The van der Waals surface area contributed by atoms with Crippen molar-refractivity contribution in [2.24, 2.45) is 0 Å². The monoisotopic (exact) mass is 473 g/mol. The van der Waals surface area contributed by atoms with Crippen LogP contribution in [0.25, 0.3) is 17.1 Å². The highest BCUT2D eigenvalue weighted by molar-refractivity contribution is 7.99. The van der Waals surface area contributed by atoms with Crippen LogP contribution in [-0.2, 0) is 11.2 Å². The number of ether oxygens (including phenoxy) is 1. The number of hydrogen-bond donors (Lipinski definition) is 1. The molecule has 174 valence electrons. The van der Waals surface area contributed by atoms with Gasteiger partial charge in [-0.25, -0.2) is 0 Å². The van der Waals surface area contributed by atoms with Gasteiger partial charge in [-0.05, 0) is 66.9 Å². The molecule has 1 amide bonds. The van der Waals surface area contributed by atoms with E-state index in [1.165, 1.54) is 23.7 Å². The number of methoxy groups -OCH3 is 1. The second kappa shape index (κ2) is 11.5. The Balaban J connectivity index is 1.50. The largest absolute Gasteiger partial charge is 0.497 e. The minimum Gasteiger partial charge on any atom is -0.497 e. The number of carbonyl (C=O) groups is 1. The SMILES string of the molecule is CCCCc1ccc(NC(=O)CSc2nnc(-c3cccnc3)n2-c2ccc(OC)cc2)cc1. The number of hydrogen-bond acceptors (Lipinski definition) is 6. The minimum atomic E-state index is -0.0986. The number of unbranched alkanes of at least 4 members (excludes halogenated alkanes) is 1. The van der Waals surface area contributed by atoms with Crippen LogP contribution in [0.15, 0.2) is 78.2 Å². The quantitative estimate of drug-likeness (QED) is 0.310. The maximum atomic E-state index is 12.6. The molecule has 2 heterocycles. The first kappa shape index (κ1) is 23.5. The van der Waals surface area contributed by atoms with Gasteiger partial charge in [0.25, 0.3) is 0 Å². The molecule has 0 saturated heterocycles.